The van der Waals surface area contributed by atoms with Gasteiger partial charge < -0.3 is 9.47 Å². The van der Waals surface area contributed by atoms with Crippen molar-refractivity contribution in [1.29, 1.82) is 0 Å². The van der Waals surface area contributed by atoms with Gasteiger partial charge in [0.25, 0.3) is 0 Å². The van der Waals surface area contributed by atoms with Crippen molar-refractivity contribution in [3.63, 3.8) is 0 Å². The highest BCUT2D eigenvalue weighted by Gasteiger charge is 2.31. The average Bonchev–Trinajstić information content (AvgIpc) is 2.43. The highest BCUT2D eigenvalue weighted by molar-refractivity contribution is 5.72. The highest BCUT2D eigenvalue weighted by atomic mass is 16.5. The summed E-state index contributed by atoms with van der Waals surface area (Å²) >= 11 is 0. The van der Waals surface area contributed by atoms with E-state index in [-0.39, 0.29) is 11.9 Å². The molecule has 0 N–H and O–H groups in total. The van der Waals surface area contributed by atoms with Crippen LogP contribution in [0.15, 0.2) is 0 Å². The fraction of sp³-hybridized carbons (Fsp3) is 0.938. The van der Waals surface area contributed by atoms with E-state index in [0.29, 0.717) is 12.2 Å². The van der Waals surface area contributed by atoms with Gasteiger partial charge in [0, 0.05) is 0 Å². The first-order chi connectivity index (χ1) is 9.10. The Hall–Kier alpha value is -0.570. The number of carbonyl (C=O) groups excluding carboxylic acids is 1. The van der Waals surface area contributed by atoms with Crippen LogP contribution < -0.4 is 0 Å². The summed E-state index contributed by atoms with van der Waals surface area (Å²) in [5, 5.41) is 0. The van der Waals surface area contributed by atoms with Crippen LogP contribution in [0.5, 0.6) is 0 Å². The maximum Gasteiger partial charge on any atom is 0.308 e. The topological polar surface area (TPSA) is 35.5 Å². The van der Waals surface area contributed by atoms with Crippen molar-refractivity contribution in [2.45, 2.75) is 71.0 Å². The average molecular weight is 268 g/mol. The molecule has 0 aromatic heterocycles. The molecule has 110 valence electrons. The fourth-order valence-electron chi connectivity index (χ4n) is 3.50. The molecule has 2 fully saturated rings. The summed E-state index contributed by atoms with van der Waals surface area (Å²) in [5.41, 5.74) is 0. The number of ether oxygens (including phenoxy) is 2. The van der Waals surface area contributed by atoms with E-state index in [2.05, 4.69) is 13.8 Å². The first kappa shape index (κ1) is 14.8. The van der Waals surface area contributed by atoms with E-state index >= 15 is 0 Å². The summed E-state index contributed by atoms with van der Waals surface area (Å²) < 4.78 is 11.1. The van der Waals surface area contributed by atoms with Crippen LogP contribution in [-0.4, -0.2) is 25.3 Å². The second-order valence-electron chi connectivity index (χ2n) is 6.52. The van der Waals surface area contributed by atoms with Gasteiger partial charge in [-0.25, -0.2) is 0 Å². The lowest BCUT2D eigenvalue weighted by atomic mass is 9.80. The van der Waals surface area contributed by atoms with E-state index < -0.39 is 0 Å². The summed E-state index contributed by atoms with van der Waals surface area (Å²) in [6.45, 7) is 4.69. The Morgan fingerprint density at radius 1 is 0.895 bits per heavy atom. The minimum atomic E-state index is -0.0430. The van der Waals surface area contributed by atoms with Crippen molar-refractivity contribution in [2.75, 3.05) is 7.11 Å². The number of methoxy groups -OCH3 is 1. The molecule has 3 nitrogen and oxygen atoms in total. The van der Waals surface area contributed by atoms with Gasteiger partial charge in [0.2, 0.25) is 0 Å². The molecule has 3 atom stereocenters. The third-order valence-electron chi connectivity index (χ3n) is 5.14. The monoisotopic (exact) mass is 268 g/mol. The molecule has 0 aliphatic heterocycles. The lowest BCUT2D eigenvalue weighted by Crippen LogP contribution is -2.33. The molecule has 3 heteroatoms. The van der Waals surface area contributed by atoms with Gasteiger partial charge in [0.15, 0.2) is 0 Å². The normalized spacial score (nSPS) is 39.8. The second-order valence-corrected chi connectivity index (χ2v) is 6.52. The number of carbonyl (C=O) groups is 1. The van der Waals surface area contributed by atoms with Gasteiger partial charge >= 0.3 is 5.97 Å². The highest BCUT2D eigenvalue weighted by Crippen LogP contribution is 2.34. The van der Waals surface area contributed by atoms with Crippen molar-refractivity contribution in [1.82, 2.24) is 0 Å². The Bertz CT molecular complexity index is 294. The molecule has 2 aliphatic carbocycles. The zero-order valence-corrected chi connectivity index (χ0v) is 12.6. The van der Waals surface area contributed by atoms with Crippen LogP contribution in [0.2, 0.25) is 0 Å². The lowest BCUT2D eigenvalue weighted by molar-refractivity contribution is -0.148. The molecule has 0 bridgehead atoms. The Morgan fingerprint density at radius 3 is 2.11 bits per heavy atom. The predicted octanol–water partition coefficient (Wildman–Crippen LogP) is 3.56. The Kier molecular flexibility index (Phi) is 5.26. The summed E-state index contributed by atoms with van der Waals surface area (Å²) in [6.07, 6.45) is 8.41. The molecule has 0 spiro atoms. The molecule has 3 unspecified atom stereocenters. The van der Waals surface area contributed by atoms with Crippen molar-refractivity contribution in [3.8, 4) is 0 Å². The van der Waals surface area contributed by atoms with Gasteiger partial charge in [-0.15, -0.1) is 0 Å². The molecule has 0 amide bonds. The zero-order valence-electron chi connectivity index (χ0n) is 12.6. The molecule has 2 aliphatic rings. The SMILES string of the molecule is COC(=O)C1CCC(OC2CCC(C)C(C)C2)CC1. The van der Waals surface area contributed by atoms with Gasteiger partial charge in [0.05, 0.1) is 25.2 Å². The Morgan fingerprint density at radius 2 is 1.53 bits per heavy atom. The molecule has 0 aromatic rings. The summed E-state index contributed by atoms with van der Waals surface area (Å²) in [6, 6.07) is 0. The van der Waals surface area contributed by atoms with Gasteiger partial charge in [-0.3, -0.25) is 4.79 Å². The molecule has 0 heterocycles. The van der Waals surface area contributed by atoms with Crippen LogP contribution in [0.25, 0.3) is 0 Å². The first-order valence-corrected chi connectivity index (χ1v) is 7.83. The van der Waals surface area contributed by atoms with Gasteiger partial charge in [-0.1, -0.05) is 13.8 Å². The minimum Gasteiger partial charge on any atom is -0.469 e. The molecule has 0 radical (unpaired) electrons. The maximum atomic E-state index is 11.5. The van der Waals surface area contributed by atoms with Crippen LogP contribution in [0.4, 0.5) is 0 Å². The molecule has 2 rings (SSSR count). The third-order valence-corrected chi connectivity index (χ3v) is 5.14. The summed E-state index contributed by atoms with van der Waals surface area (Å²) in [4.78, 5) is 11.5. The van der Waals surface area contributed by atoms with Gasteiger partial charge in [-0.05, 0) is 56.8 Å². The Balaban J connectivity index is 1.72. The fourth-order valence-corrected chi connectivity index (χ4v) is 3.50. The molecule has 0 aromatic carbocycles. The molecular weight excluding hydrogens is 240 g/mol. The van der Waals surface area contributed by atoms with Crippen LogP contribution in [0.3, 0.4) is 0 Å². The largest absolute Gasteiger partial charge is 0.469 e. The van der Waals surface area contributed by atoms with E-state index in [0.717, 1.165) is 37.5 Å². The lowest BCUT2D eigenvalue weighted by Gasteiger charge is -2.36. The molecule has 19 heavy (non-hydrogen) atoms. The van der Waals surface area contributed by atoms with Crippen molar-refractivity contribution < 1.29 is 14.3 Å². The van der Waals surface area contributed by atoms with E-state index in [9.17, 15) is 4.79 Å². The van der Waals surface area contributed by atoms with Gasteiger partial charge in [0.1, 0.15) is 0 Å². The standard InChI is InChI=1S/C16H28O3/c1-11-4-7-15(10-12(11)2)19-14-8-5-13(6-9-14)16(17)18-3/h11-15H,4-10H2,1-3H3. The quantitative estimate of drug-likeness (QED) is 0.734. The number of esters is 1. The third kappa shape index (κ3) is 3.95. The van der Waals surface area contributed by atoms with Crippen molar-refractivity contribution in [3.05, 3.63) is 0 Å². The Labute approximate surface area is 117 Å². The molecule has 2 saturated carbocycles. The number of hydrogen-bond acceptors (Lipinski definition) is 3. The van der Waals surface area contributed by atoms with E-state index in [1.165, 1.54) is 26.4 Å². The molecular formula is C16H28O3. The number of rotatable bonds is 3. The van der Waals surface area contributed by atoms with Crippen molar-refractivity contribution >= 4 is 5.97 Å². The number of hydrogen-bond donors (Lipinski definition) is 0. The minimum absolute atomic E-state index is 0.0430. The zero-order chi connectivity index (χ0) is 13.8. The van der Waals surface area contributed by atoms with Crippen LogP contribution in [0.1, 0.15) is 58.8 Å². The van der Waals surface area contributed by atoms with Gasteiger partial charge in [-0.2, -0.15) is 0 Å². The second kappa shape index (κ2) is 6.74. The van der Waals surface area contributed by atoms with Crippen LogP contribution in [-0.2, 0) is 14.3 Å². The summed E-state index contributed by atoms with van der Waals surface area (Å²) in [5.74, 6) is 1.69. The summed E-state index contributed by atoms with van der Waals surface area (Å²) in [7, 11) is 1.48. The van der Waals surface area contributed by atoms with E-state index in [1.54, 1.807) is 0 Å². The van der Waals surface area contributed by atoms with E-state index in [4.69, 9.17) is 9.47 Å². The van der Waals surface area contributed by atoms with E-state index in [1.807, 2.05) is 0 Å². The first-order valence-electron chi connectivity index (χ1n) is 7.83. The smallest absolute Gasteiger partial charge is 0.308 e. The maximum absolute atomic E-state index is 11.5. The predicted molar refractivity (Wildman–Crippen MR) is 74.8 cm³/mol. The van der Waals surface area contributed by atoms with Crippen molar-refractivity contribution in [2.24, 2.45) is 17.8 Å². The van der Waals surface area contributed by atoms with Crippen LogP contribution >= 0.6 is 0 Å². The van der Waals surface area contributed by atoms with Crippen LogP contribution in [0, 0.1) is 17.8 Å². The molecule has 0 saturated heterocycles.